The Hall–Kier alpha value is -2.33. The number of aromatic nitrogens is 1. The van der Waals surface area contributed by atoms with Gasteiger partial charge in [-0.05, 0) is 29.0 Å². The second kappa shape index (κ2) is 5.35. The van der Waals surface area contributed by atoms with Crippen molar-refractivity contribution in [3.8, 4) is 0 Å². The number of carboxylic acid groups (broad SMARTS) is 1. The lowest BCUT2D eigenvalue weighted by molar-refractivity contribution is 0.0693. The van der Waals surface area contributed by atoms with E-state index in [1.807, 2.05) is 30.3 Å². The molecule has 2 aromatic carbocycles. The van der Waals surface area contributed by atoms with E-state index in [1.165, 1.54) is 29.4 Å². The molecule has 20 heavy (non-hydrogen) atoms. The largest absolute Gasteiger partial charge is 0.478 e. The molecule has 0 atom stereocenters. The van der Waals surface area contributed by atoms with Crippen LogP contribution in [0.5, 0.6) is 0 Å². The van der Waals surface area contributed by atoms with Gasteiger partial charge in [-0.25, -0.2) is 4.79 Å². The molecular weight excluding hydrogens is 270 g/mol. The van der Waals surface area contributed by atoms with Crippen molar-refractivity contribution in [1.82, 2.24) is 4.98 Å². The molecule has 0 saturated carbocycles. The number of hydrogen-bond donors (Lipinski definition) is 1. The fourth-order valence-electron chi connectivity index (χ4n) is 2.00. The lowest BCUT2D eigenvalue weighted by atomic mass is 10.1. The maximum atomic E-state index is 11.2. The van der Waals surface area contributed by atoms with Crippen LogP contribution in [0.3, 0.4) is 0 Å². The van der Waals surface area contributed by atoms with Gasteiger partial charge in [0.25, 0.3) is 0 Å². The Morgan fingerprint density at radius 3 is 2.65 bits per heavy atom. The minimum absolute atomic E-state index is 0.276. The van der Waals surface area contributed by atoms with E-state index in [9.17, 15) is 9.90 Å². The molecule has 0 aliphatic rings. The van der Waals surface area contributed by atoms with Crippen LogP contribution in [-0.4, -0.2) is 16.1 Å². The fraction of sp³-hybridized carbons (Fsp3) is 0. The Balaban J connectivity index is 1.99. The predicted octanol–water partition coefficient (Wildman–Crippen LogP) is 4.08. The zero-order valence-electron chi connectivity index (χ0n) is 10.5. The van der Waals surface area contributed by atoms with E-state index in [-0.39, 0.29) is 5.56 Å². The summed E-state index contributed by atoms with van der Waals surface area (Å²) in [6.45, 7) is 0. The average molecular weight is 281 g/mol. The molecular formula is C16H11NO2S. The van der Waals surface area contributed by atoms with Crippen LogP contribution in [0.25, 0.3) is 10.8 Å². The van der Waals surface area contributed by atoms with Crippen molar-refractivity contribution in [2.45, 2.75) is 9.79 Å². The third-order valence-corrected chi connectivity index (χ3v) is 4.00. The number of carbonyl (C=O) groups is 1. The molecule has 98 valence electrons. The maximum Gasteiger partial charge on any atom is 0.336 e. The van der Waals surface area contributed by atoms with Gasteiger partial charge in [0.2, 0.25) is 0 Å². The van der Waals surface area contributed by atoms with Crippen LogP contribution in [0.4, 0.5) is 0 Å². The molecule has 1 N–H and O–H groups in total. The molecule has 3 aromatic rings. The molecule has 0 amide bonds. The number of nitrogens with zero attached hydrogens (tertiary/aromatic N) is 1. The van der Waals surface area contributed by atoms with Crippen LogP contribution in [0.1, 0.15) is 10.4 Å². The first-order valence-electron chi connectivity index (χ1n) is 6.08. The number of aromatic carboxylic acids is 1. The molecule has 0 fully saturated rings. The van der Waals surface area contributed by atoms with E-state index in [0.29, 0.717) is 4.90 Å². The van der Waals surface area contributed by atoms with Gasteiger partial charge in [0, 0.05) is 22.2 Å². The molecule has 0 spiro atoms. The highest BCUT2D eigenvalue weighted by Crippen LogP contribution is 2.31. The quantitative estimate of drug-likeness (QED) is 0.785. The van der Waals surface area contributed by atoms with E-state index in [2.05, 4.69) is 17.1 Å². The van der Waals surface area contributed by atoms with E-state index < -0.39 is 5.97 Å². The van der Waals surface area contributed by atoms with Gasteiger partial charge in [0.1, 0.15) is 0 Å². The molecule has 3 nitrogen and oxygen atoms in total. The highest BCUT2D eigenvalue weighted by atomic mass is 32.2. The summed E-state index contributed by atoms with van der Waals surface area (Å²) in [4.78, 5) is 16.8. The van der Waals surface area contributed by atoms with Gasteiger partial charge in [-0.15, -0.1) is 0 Å². The Labute approximate surface area is 120 Å². The summed E-state index contributed by atoms with van der Waals surface area (Å²) < 4.78 is 0. The zero-order valence-corrected chi connectivity index (χ0v) is 11.3. The predicted molar refractivity (Wildman–Crippen MR) is 79.3 cm³/mol. The van der Waals surface area contributed by atoms with Gasteiger partial charge in [0.05, 0.1) is 5.56 Å². The minimum atomic E-state index is -0.935. The van der Waals surface area contributed by atoms with Crippen molar-refractivity contribution in [3.05, 3.63) is 66.5 Å². The maximum absolute atomic E-state index is 11.2. The standard InChI is InChI=1S/C16H11NO2S/c18-16(19)14-7-8-17-10-15(14)20-13-6-5-11-3-1-2-4-12(11)9-13/h1-10H,(H,18,19). The first kappa shape index (κ1) is 12.7. The second-order valence-corrected chi connectivity index (χ2v) is 5.40. The van der Waals surface area contributed by atoms with Gasteiger partial charge >= 0.3 is 5.97 Å². The Bertz CT molecular complexity index is 786. The van der Waals surface area contributed by atoms with E-state index in [1.54, 1.807) is 6.20 Å². The SMILES string of the molecule is O=C(O)c1ccncc1Sc1ccc2ccccc2c1. The highest BCUT2D eigenvalue weighted by Gasteiger charge is 2.11. The molecule has 0 unspecified atom stereocenters. The fourth-order valence-corrected chi connectivity index (χ4v) is 2.95. The van der Waals surface area contributed by atoms with Crippen molar-refractivity contribution >= 4 is 28.5 Å². The molecule has 0 bridgehead atoms. The number of carboxylic acids is 1. The lowest BCUT2D eigenvalue weighted by Gasteiger charge is -2.06. The Morgan fingerprint density at radius 1 is 1.05 bits per heavy atom. The number of rotatable bonds is 3. The smallest absolute Gasteiger partial charge is 0.336 e. The van der Waals surface area contributed by atoms with E-state index in [4.69, 9.17) is 0 Å². The third-order valence-electron chi connectivity index (χ3n) is 2.96. The van der Waals surface area contributed by atoms with Crippen LogP contribution in [0, 0.1) is 0 Å². The van der Waals surface area contributed by atoms with Gasteiger partial charge in [-0.3, -0.25) is 4.98 Å². The van der Waals surface area contributed by atoms with Crippen molar-refractivity contribution in [1.29, 1.82) is 0 Å². The van der Waals surface area contributed by atoms with Crippen LogP contribution in [-0.2, 0) is 0 Å². The minimum Gasteiger partial charge on any atom is -0.478 e. The number of hydrogen-bond acceptors (Lipinski definition) is 3. The summed E-state index contributed by atoms with van der Waals surface area (Å²) >= 11 is 1.41. The molecule has 0 saturated heterocycles. The molecule has 4 heteroatoms. The summed E-state index contributed by atoms with van der Waals surface area (Å²) in [5, 5.41) is 11.5. The van der Waals surface area contributed by atoms with Gasteiger partial charge in [0.15, 0.2) is 0 Å². The first-order valence-corrected chi connectivity index (χ1v) is 6.89. The monoisotopic (exact) mass is 281 g/mol. The third kappa shape index (κ3) is 2.51. The molecule has 0 aliphatic heterocycles. The molecule has 0 radical (unpaired) electrons. The van der Waals surface area contributed by atoms with Crippen LogP contribution < -0.4 is 0 Å². The van der Waals surface area contributed by atoms with E-state index >= 15 is 0 Å². The molecule has 3 rings (SSSR count). The van der Waals surface area contributed by atoms with Gasteiger partial charge in [-0.1, -0.05) is 42.1 Å². The summed E-state index contributed by atoms with van der Waals surface area (Å²) in [6.07, 6.45) is 3.08. The summed E-state index contributed by atoms with van der Waals surface area (Å²) in [5.41, 5.74) is 0.276. The number of pyridine rings is 1. The molecule has 0 aliphatic carbocycles. The average Bonchev–Trinajstić information content (AvgIpc) is 2.47. The van der Waals surface area contributed by atoms with Crippen molar-refractivity contribution < 1.29 is 9.90 Å². The normalized spacial score (nSPS) is 10.6. The van der Waals surface area contributed by atoms with Gasteiger partial charge in [-0.2, -0.15) is 0 Å². The first-order chi connectivity index (χ1) is 9.74. The van der Waals surface area contributed by atoms with Crippen LogP contribution in [0.2, 0.25) is 0 Å². The topological polar surface area (TPSA) is 50.2 Å². The lowest BCUT2D eigenvalue weighted by Crippen LogP contribution is -1.98. The Morgan fingerprint density at radius 2 is 1.85 bits per heavy atom. The van der Waals surface area contributed by atoms with Crippen molar-refractivity contribution in [3.63, 3.8) is 0 Å². The van der Waals surface area contributed by atoms with Crippen LogP contribution >= 0.6 is 11.8 Å². The highest BCUT2D eigenvalue weighted by molar-refractivity contribution is 7.99. The second-order valence-electron chi connectivity index (χ2n) is 4.29. The van der Waals surface area contributed by atoms with E-state index in [0.717, 1.165) is 10.3 Å². The Kier molecular flexibility index (Phi) is 3.39. The summed E-state index contributed by atoms with van der Waals surface area (Å²) in [6, 6.07) is 15.7. The molecule has 1 aromatic heterocycles. The molecule has 1 heterocycles. The summed E-state index contributed by atoms with van der Waals surface area (Å²) in [7, 11) is 0. The number of fused-ring (bicyclic) bond motifs is 1. The number of benzene rings is 2. The van der Waals surface area contributed by atoms with Crippen molar-refractivity contribution in [2.75, 3.05) is 0 Å². The van der Waals surface area contributed by atoms with Gasteiger partial charge < -0.3 is 5.11 Å². The van der Waals surface area contributed by atoms with Crippen LogP contribution in [0.15, 0.2) is 70.7 Å². The summed E-state index contributed by atoms with van der Waals surface area (Å²) in [5.74, 6) is -0.935. The zero-order chi connectivity index (χ0) is 13.9. The van der Waals surface area contributed by atoms with Crippen molar-refractivity contribution in [2.24, 2.45) is 0 Å².